The average molecular weight is 401 g/mol. The number of hydrogen-bond acceptors (Lipinski definition) is 4. The Morgan fingerprint density at radius 2 is 1.54 bits per heavy atom. The zero-order chi connectivity index (χ0) is 20.1. The first-order valence-corrected chi connectivity index (χ1v) is 11.4. The highest BCUT2D eigenvalue weighted by Gasteiger charge is 2.27. The summed E-state index contributed by atoms with van der Waals surface area (Å²) < 4.78 is 25.6. The standard InChI is InChI=1S/C22H28N2O3S/c1-18(2)12-17-28(26,27)21-11-7-6-10-20(21)22(25)24-15-13-23(14-16-24)19-8-4-3-5-9-19/h3-11,18H,12-17H2,1-2H3. The van der Waals surface area contributed by atoms with Gasteiger partial charge in [-0.3, -0.25) is 4.79 Å². The molecule has 1 amide bonds. The van der Waals surface area contributed by atoms with Crippen LogP contribution in [0.5, 0.6) is 0 Å². The maximum atomic E-state index is 13.1. The van der Waals surface area contributed by atoms with Gasteiger partial charge >= 0.3 is 0 Å². The van der Waals surface area contributed by atoms with Gasteiger partial charge in [0.25, 0.3) is 5.91 Å². The number of nitrogens with zero attached hydrogens (tertiary/aromatic N) is 2. The van der Waals surface area contributed by atoms with Gasteiger partial charge in [0, 0.05) is 31.9 Å². The van der Waals surface area contributed by atoms with Crippen LogP contribution in [0.3, 0.4) is 0 Å². The van der Waals surface area contributed by atoms with E-state index in [9.17, 15) is 13.2 Å². The fourth-order valence-corrected chi connectivity index (χ4v) is 5.17. The quantitative estimate of drug-likeness (QED) is 0.745. The van der Waals surface area contributed by atoms with E-state index in [2.05, 4.69) is 17.0 Å². The van der Waals surface area contributed by atoms with Crippen LogP contribution in [-0.2, 0) is 9.84 Å². The Labute approximate surface area is 167 Å². The fraction of sp³-hybridized carbons (Fsp3) is 0.409. The molecule has 1 heterocycles. The van der Waals surface area contributed by atoms with E-state index in [4.69, 9.17) is 0 Å². The predicted molar refractivity (Wildman–Crippen MR) is 113 cm³/mol. The second-order valence-corrected chi connectivity index (χ2v) is 9.69. The zero-order valence-corrected chi connectivity index (χ0v) is 17.4. The molecule has 2 aromatic rings. The molecule has 1 aliphatic rings. The minimum Gasteiger partial charge on any atom is -0.368 e. The van der Waals surface area contributed by atoms with E-state index in [1.807, 2.05) is 32.0 Å². The Bertz CT molecular complexity index is 902. The van der Waals surface area contributed by atoms with Crippen LogP contribution < -0.4 is 4.90 Å². The van der Waals surface area contributed by atoms with Gasteiger partial charge in [-0.05, 0) is 36.6 Å². The van der Waals surface area contributed by atoms with Gasteiger partial charge in [0.05, 0.1) is 16.2 Å². The number of hydrogen-bond donors (Lipinski definition) is 0. The predicted octanol–water partition coefficient (Wildman–Crippen LogP) is 3.47. The number of benzene rings is 2. The molecule has 2 aromatic carbocycles. The van der Waals surface area contributed by atoms with Gasteiger partial charge in [0.2, 0.25) is 0 Å². The summed E-state index contributed by atoms with van der Waals surface area (Å²) in [6.45, 7) is 6.62. The number of anilines is 1. The van der Waals surface area contributed by atoms with Crippen LogP contribution in [0, 0.1) is 5.92 Å². The molecule has 0 atom stereocenters. The first-order valence-electron chi connectivity index (χ1n) is 9.79. The first kappa shape index (κ1) is 20.4. The minimum atomic E-state index is -3.48. The highest BCUT2D eigenvalue weighted by Crippen LogP contribution is 2.22. The largest absolute Gasteiger partial charge is 0.368 e. The Kier molecular flexibility index (Phi) is 6.39. The summed E-state index contributed by atoms with van der Waals surface area (Å²) in [5.74, 6) is 0.164. The molecule has 0 bridgehead atoms. The third-order valence-electron chi connectivity index (χ3n) is 5.10. The van der Waals surface area contributed by atoms with Crippen molar-refractivity contribution in [1.29, 1.82) is 0 Å². The second kappa shape index (κ2) is 8.78. The molecular weight excluding hydrogens is 372 g/mol. The maximum Gasteiger partial charge on any atom is 0.255 e. The third kappa shape index (κ3) is 4.73. The van der Waals surface area contributed by atoms with Gasteiger partial charge in [-0.15, -0.1) is 0 Å². The third-order valence-corrected chi connectivity index (χ3v) is 6.90. The van der Waals surface area contributed by atoms with E-state index < -0.39 is 9.84 Å². The van der Waals surface area contributed by atoms with Gasteiger partial charge < -0.3 is 9.80 Å². The zero-order valence-electron chi connectivity index (χ0n) is 16.5. The molecule has 6 heteroatoms. The highest BCUT2D eigenvalue weighted by atomic mass is 32.2. The fourth-order valence-electron chi connectivity index (χ4n) is 3.39. The van der Waals surface area contributed by atoms with E-state index in [1.54, 1.807) is 29.2 Å². The van der Waals surface area contributed by atoms with Gasteiger partial charge in [-0.1, -0.05) is 44.2 Å². The Morgan fingerprint density at radius 3 is 2.18 bits per heavy atom. The second-order valence-electron chi connectivity index (χ2n) is 7.61. The van der Waals surface area contributed by atoms with Crippen molar-refractivity contribution in [2.75, 3.05) is 36.8 Å². The van der Waals surface area contributed by atoms with Crippen molar-refractivity contribution in [3.8, 4) is 0 Å². The normalized spacial score (nSPS) is 15.1. The van der Waals surface area contributed by atoms with Gasteiger partial charge in [-0.2, -0.15) is 0 Å². The number of para-hydroxylation sites is 1. The van der Waals surface area contributed by atoms with Crippen LogP contribution in [0.15, 0.2) is 59.5 Å². The molecule has 3 rings (SSSR count). The van der Waals surface area contributed by atoms with E-state index >= 15 is 0 Å². The highest BCUT2D eigenvalue weighted by molar-refractivity contribution is 7.91. The average Bonchev–Trinajstić information content (AvgIpc) is 2.72. The summed E-state index contributed by atoms with van der Waals surface area (Å²) in [6.07, 6.45) is 0.584. The van der Waals surface area contributed by atoms with E-state index in [1.165, 1.54) is 0 Å². The summed E-state index contributed by atoms with van der Waals surface area (Å²) in [5.41, 5.74) is 1.44. The molecule has 0 unspecified atom stereocenters. The van der Waals surface area contributed by atoms with Crippen LogP contribution in [0.2, 0.25) is 0 Å². The summed E-state index contributed by atoms with van der Waals surface area (Å²) in [4.78, 5) is 17.3. The number of carbonyl (C=O) groups is 1. The molecule has 1 saturated heterocycles. The number of sulfone groups is 1. The van der Waals surface area contributed by atoms with Crippen molar-refractivity contribution in [1.82, 2.24) is 4.90 Å². The molecule has 0 aromatic heterocycles. The lowest BCUT2D eigenvalue weighted by Crippen LogP contribution is -2.49. The van der Waals surface area contributed by atoms with Crippen molar-refractivity contribution >= 4 is 21.4 Å². The van der Waals surface area contributed by atoms with E-state index in [0.717, 1.165) is 18.8 Å². The smallest absolute Gasteiger partial charge is 0.255 e. The van der Waals surface area contributed by atoms with Gasteiger partial charge in [0.15, 0.2) is 9.84 Å². The van der Waals surface area contributed by atoms with E-state index in [0.29, 0.717) is 31.0 Å². The minimum absolute atomic E-state index is 0.0662. The van der Waals surface area contributed by atoms with Crippen LogP contribution in [0.1, 0.15) is 30.6 Å². The van der Waals surface area contributed by atoms with Crippen molar-refractivity contribution in [2.24, 2.45) is 5.92 Å². The molecule has 0 N–H and O–H groups in total. The monoisotopic (exact) mass is 400 g/mol. The Hall–Kier alpha value is -2.34. The molecule has 0 saturated carbocycles. The summed E-state index contributed by atoms with van der Waals surface area (Å²) in [7, 11) is -3.48. The molecule has 150 valence electrons. The number of amides is 1. The lowest BCUT2D eigenvalue weighted by molar-refractivity contribution is 0.0743. The maximum absolute atomic E-state index is 13.1. The van der Waals surface area contributed by atoms with Crippen molar-refractivity contribution < 1.29 is 13.2 Å². The van der Waals surface area contributed by atoms with Gasteiger partial charge in [0.1, 0.15) is 0 Å². The summed E-state index contributed by atoms with van der Waals surface area (Å²) in [5, 5.41) is 0. The molecular formula is C22H28N2O3S. The molecule has 28 heavy (non-hydrogen) atoms. The molecule has 5 nitrogen and oxygen atoms in total. The Morgan fingerprint density at radius 1 is 0.929 bits per heavy atom. The molecule has 1 aliphatic heterocycles. The summed E-state index contributed by atoms with van der Waals surface area (Å²) >= 11 is 0. The molecule has 0 spiro atoms. The van der Waals surface area contributed by atoms with Crippen molar-refractivity contribution in [3.63, 3.8) is 0 Å². The SMILES string of the molecule is CC(C)CCS(=O)(=O)c1ccccc1C(=O)N1CCN(c2ccccc2)CC1. The molecule has 1 fully saturated rings. The molecule has 0 aliphatic carbocycles. The van der Waals surface area contributed by atoms with Crippen LogP contribution in [0.4, 0.5) is 5.69 Å². The number of piperazine rings is 1. The lowest BCUT2D eigenvalue weighted by Gasteiger charge is -2.36. The number of rotatable bonds is 6. The topological polar surface area (TPSA) is 57.7 Å². The van der Waals surface area contributed by atoms with Crippen LogP contribution in [-0.4, -0.2) is 51.2 Å². The molecule has 0 radical (unpaired) electrons. The van der Waals surface area contributed by atoms with Gasteiger partial charge in [-0.25, -0.2) is 8.42 Å². The van der Waals surface area contributed by atoms with Crippen molar-refractivity contribution in [3.05, 3.63) is 60.2 Å². The first-order chi connectivity index (χ1) is 13.4. The van der Waals surface area contributed by atoms with E-state index in [-0.39, 0.29) is 16.6 Å². The van der Waals surface area contributed by atoms with Crippen LogP contribution >= 0.6 is 0 Å². The Balaban J connectivity index is 1.74. The lowest BCUT2D eigenvalue weighted by atomic mass is 10.1. The van der Waals surface area contributed by atoms with Crippen molar-refractivity contribution in [2.45, 2.75) is 25.2 Å². The number of carbonyl (C=O) groups excluding carboxylic acids is 1. The summed E-state index contributed by atoms with van der Waals surface area (Å²) in [6, 6.07) is 16.7. The van der Waals surface area contributed by atoms with Crippen LogP contribution in [0.25, 0.3) is 0 Å².